The van der Waals surface area contributed by atoms with E-state index in [1.807, 2.05) is 0 Å². The van der Waals surface area contributed by atoms with Gasteiger partial charge in [-0.15, -0.1) is 0 Å². The van der Waals surface area contributed by atoms with Crippen LogP contribution in [0.4, 0.5) is 11.8 Å². The summed E-state index contributed by atoms with van der Waals surface area (Å²) in [4.78, 5) is 11.4. The SMILES string of the molecule is CN(C)CCNc1nc(NCCc2ccccc2)cc(C2CC2)n1. The Labute approximate surface area is 144 Å². The van der Waals surface area contributed by atoms with E-state index in [1.54, 1.807) is 0 Å². The summed E-state index contributed by atoms with van der Waals surface area (Å²) in [5.74, 6) is 2.29. The zero-order valence-electron chi connectivity index (χ0n) is 14.6. The highest BCUT2D eigenvalue weighted by molar-refractivity contribution is 5.44. The number of hydrogen-bond donors (Lipinski definition) is 2. The second kappa shape index (κ2) is 8.11. The summed E-state index contributed by atoms with van der Waals surface area (Å²) in [5.41, 5.74) is 2.50. The predicted molar refractivity (Wildman–Crippen MR) is 99.7 cm³/mol. The van der Waals surface area contributed by atoms with Crippen molar-refractivity contribution in [2.75, 3.05) is 44.4 Å². The Bertz CT molecular complexity index is 637. The summed E-state index contributed by atoms with van der Waals surface area (Å²) >= 11 is 0. The van der Waals surface area contributed by atoms with Crippen LogP contribution in [0.3, 0.4) is 0 Å². The fourth-order valence-electron chi connectivity index (χ4n) is 2.59. The predicted octanol–water partition coefficient (Wildman–Crippen LogP) is 2.98. The number of rotatable bonds is 9. The molecular weight excluding hydrogens is 298 g/mol. The van der Waals surface area contributed by atoms with Crippen molar-refractivity contribution in [3.63, 3.8) is 0 Å². The summed E-state index contributed by atoms with van der Waals surface area (Å²) in [6, 6.07) is 12.6. The first-order valence-corrected chi connectivity index (χ1v) is 8.76. The normalized spacial score (nSPS) is 14.0. The van der Waals surface area contributed by atoms with Crippen LogP contribution in [0, 0.1) is 0 Å². The lowest BCUT2D eigenvalue weighted by molar-refractivity contribution is 0.425. The number of benzene rings is 1. The zero-order chi connectivity index (χ0) is 16.8. The average Bonchev–Trinajstić information content (AvgIpc) is 3.40. The zero-order valence-corrected chi connectivity index (χ0v) is 14.6. The van der Waals surface area contributed by atoms with Crippen molar-refractivity contribution in [3.8, 4) is 0 Å². The minimum absolute atomic E-state index is 0.622. The standard InChI is InChI=1S/C19H27N5/c1-24(2)13-12-21-19-22-17(16-8-9-16)14-18(23-19)20-11-10-15-6-4-3-5-7-15/h3-7,14,16H,8-13H2,1-2H3,(H2,20,21,22,23). The highest BCUT2D eigenvalue weighted by Crippen LogP contribution is 2.39. The summed E-state index contributed by atoms with van der Waals surface area (Å²) in [5, 5.41) is 6.80. The Balaban J connectivity index is 1.59. The third-order valence-electron chi connectivity index (χ3n) is 4.15. The molecule has 2 aromatic rings. The summed E-state index contributed by atoms with van der Waals surface area (Å²) in [7, 11) is 4.14. The van der Waals surface area contributed by atoms with Crippen LogP contribution in [-0.2, 0) is 6.42 Å². The van der Waals surface area contributed by atoms with Gasteiger partial charge < -0.3 is 15.5 Å². The van der Waals surface area contributed by atoms with Crippen molar-refractivity contribution in [2.24, 2.45) is 0 Å². The molecule has 1 fully saturated rings. The van der Waals surface area contributed by atoms with Crippen molar-refractivity contribution in [1.29, 1.82) is 0 Å². The fourth-order valence-corrected chi connectivity index (χ4v) is 2.59. The van der Waals surface area contributed by atoms with E-state index in [4.69, 9.17) is 0 Å². The van der Waals surface area contributed by atoms with Gasteiger partial charge in [-0.3, -0.25) is 0 Å². The van der Waals surface area contributed by atoms with Gasteiger partial charge in [0.15, 0.2) is 0 Å². The van der Waals surface area contributed by atoms with Crippen LogP contribution in [0.15, 0.2) is 36.4 Å². The van der Waals surface area contributed by atoms with Crippen LogP contribution < -0.4 is 10.6 Å². The quantitative estimate of drug-likeness (QED) is 0.742. The van der Waals surface area contributed by atoms with Gasteiger partial charge in [0, 0.05) is 31.6 Å². The highest BCUT2D eigenvalue weighted by Gasteiger charge is 2.26. The van der Waals surface area contributed by atoms with Crippen molar-refractivity contribution < 1.29 is 0 Å². The van der Waals surface area contributed by atoms with Gasteiger partial charge in [0.05, 0.1) is 5.69 Å². The fraction of sp³-hybridized carbons (Fsp3) is 0.474. The van der Waals surface area contributed by atoms with Gasteiger partial charge in [-0.25, -0.2) is 4.98 Å². The molecule has 0 amide bonds. The van der Waals surface area contributed by atoms with Crippen LogP contribution in [0.2, 0.25) is 0 Å². The van der Waals surface area contributed by atoms with E-state index in [1.165, 1.54) is 24.1 Å². The molecule has 0 bridgehead atoms. The van der Waals surface area contributed by atoms with Crippen LogP contribution in [-0.4, -0.2) is 48.6 Å². The van der Waals surface area contributed by atoms with E-state index >= 15 is 0 Å². The van der Waals surface area contributed by atoms with Gasteiger partial charge in [0.2, 0.25) is 5.95 Å². The number of anilines is 2. The molecule has 0 saturated heterocycles. The monoisotopic (exact) mass is 325 g/mol. The molecule has 0 aliphatic heterocycles. The smallest absolute Gasteiger partial charge is 0.224 e. The molecule has 1 aromatic heterocycles. The van der Waals surface area contributed by atoms with E-state index in [0.29, 0.717) is 5.92 Å². The first-order chi connectivity index (χ1) is 11.7. The van der Waals surface area contributed by atoms with Crippen LogP contribution >= 0.6 is 0 Å². The van der Waals surface area contributed by atoms with Crippen LogP contribution in [0.1, 0.15) is 30.0 Å². The minimum atomic E-state index is 0.622. The van der Waals surface area contributed by atoms with Crippen LogP contribution in [0.5, 0.6) is 0 Å². The van der Waals surface area contributed by atoms with Crippen LogP contribution in [0.25, 0.3) is 0 Å². The molecule has 5 heteroatoms. The number of hydrogen-bond acceptors (Lipinski definition) is 5. The summed E-state index contributed by atoms with van der Waals surface area (Å²) in [6.07, 6.45) is 3.49. The molecule has 1 aliphatic rings. The van der Waals surface area contributed by atoms with Gasteiger partial charge in [-0.05, 0) is 38.9 Å². The Morgan fingerprint density at radius 1 is 1.04 bits per heavy atom. The summed E-state index contributed by atoms with van der Waals surface area (Å²) in [6.45, 7) is 2.70. The Morgan fingerprint density at radius 2 is 1.83 bits per heavy atom. The third-order valence-corrected chi connectivity index (χ3v) is 4.15. The lowest BCUT2D eigenvalue weighted by Crippen LogP contribution is -2.22. The summed E-state index contributed by atoms with van der Waals surface area (Å²) < 4.78 is 0. The van der Waals surface area contributed by atoms with E-state index in [2.05, 4.69) is 76.0 Å². The first-order valence-electron chi connectivity index (χ1n) is 8.76. The molecule has 5 nitrogen and oxygen atoms in total. The maximum atomic E-state index is 4.68. The minimum Gasteiger partial charge on any atom is -0.370 e. The van der Waals surface area contributed by atoms with E-state index in [0.717, 1.165) is 37.8 Å². The molecule has 128 valence electrons. The highest BCUT2D eigenvalue weighted by atomic mass is 15.2. The van der Waals surface area contributed by atoms with E-state index in [-0.39, 0.29) is 0 Å². The van der Waals surface area contributed by atoms with Gasteiger partial charge in [-0.1, -0.05) is 30.3 Å². The van der Waals surface area contributed by atoms with E-state index in [9.17, 15) is 0 Å². The molecule has 0 atom stereocenters. The maximum absolute atomic E-state index is 4.68. The first kappa shape index (κ1) is 16.7. The molecule has 1 aliphatic carbocycles. The molecule has 1 heterocycles. The van der Waals surface area contributed by atoms with Gasteiger partial charge in [0.1, 0.15) is 5.82 Å². The molecule has 1 saturated carbocycles. The van der Waals surface area contributed by atoms with Crippen molar-refractivity contribution in [2.45, 2.75) is 25.2 Å². The number of nitrogens with zero attached hydrogens (tertiary/aromatic N) is 3. The van der Waals surface area contributed by atoms with E-state index < -0.39 is 0 Å². The molecule has 0 unspecified atom stereocenters. The average molecular weight is 325 g/mol. The number of likely N-dealkylation sites (N-methyl/N-ethyl adjacent to an activating group) is 1. The third kappa shape index (κ3) is 5.20. The van der Waals surface area contributed by atoms with Gasteiger partial charge >= 0.3 is 0 Å². The number of nitrogens with one attached hydrogen (secondary N) is 2. The van der Waals surface area contributed by atoms with Gasteiger partial charge in [-0.2, -0.15) is 4.98 Å². The molecule has 0 radical (unpaired) electrons. The Kier molecular flexibility index (Phi) is 5.64. The molecular formula is C19H27N5. The lowest BCUT2D eigenvalue weighted by atomic mass is 10.1. The topological polar surface area (TPSA) is 53.1 Å². The maximum Gasteiger partial charge on any atom is 0.224 e. The van der Waals surface area contributed by atoms with Gasteiger partial charge in [0.25, 0.3) is 0 Å². The molecule has 2 N–H and O–H groups in total. The second-order valence-electron chi connectivity index (χ2n) is 6.67. The Hall–Kier alpha value is -2.14. The van der Waals surface area contributed by atoms with Crippen molar-refractivity contribution >= 4 is 11.8 Å². The Morgan fingerprint density at radius 3 is 2.54 bits per heavy atom. The second-order valence-corrected chi connectivity index (χ2v) is 6.67. The molecule has 3 rings (SSSR count). The van der Waals surface area contributed by atoms with Crippen molar-refractivity contribution in [1.82, 2.24) is 14.9 Å². The number of aromatic nitrogens is 2. The molecule has 1 aromatic carbocycles. The molecule has 0 spiro atoms. The lowest BCUT2D eigenvalue weighted by Gasteiger charge is -2.13. The largest absolute Gasteiger partial charge is 0.370 e. The molecule has 24 heavy (non-hydrogen) atoms. The van der Waals surface area contributed by atoms with Crippen molar-refractivity contribution in [3.05, 3.63) is 47.7 Å².